The number of hydrogen-bond donors (Lipinski definition) is 2. The summed E-state index contributed by atoms with van der Waals surface area (Å²) in [6.07, 6.45) is 2.94. The van der Waals surface area contributed by atoms with E-state index in [1.54, 1.807) is 50.2 Å². The number of benzene rings is 2. The standard InChI is InChI=1S/C22H20N4O5S/c1-13-14(2)25-31-21(13)26-32(28,29)19-7-5-4-6-17(19)16-9-8-15(22-24-10-11-30-22)12-18(16)20(27)23-3/h4-12,26H,1-3H3,(H,23,27). The molecule has 2 aromatic carbocycles. The van der Waals surface area contributed by atoms with Crippen LogP contribution < -0.4 is 10.0 Å². The average molecular weight is 452 g/mol. The van der Waals surface area contributed by atoms with E-state index < -0.39 is 10.0 Å². The Kier molecular flexibility index (Phi) is 5.54. The van der Waals surface area contributed by atoms with Crippen LogP contribution in [0.15, 0.2) is 68.8 Å². The number of rotatable bonds is 6. The molecule has 0 aliphatic rings. The molecule has 0 atom stereocenters. The predicted octanol–water partition coefficient (Wildman–Crippen LogP) is 3.77. The average Bonchev–Trinajstić information content (AvgIpc) is 3.44. The summed E-state index contributed by atoms with van der Waals surface area (Å²) < 4.78 is 39.4. The molecule has 2 aromatic heterocycles. The Morgan fingerprint density at radius 1 is 1.06 bits per heavy atom. The zero-order chi connectivity index (χ0) is 22.9. The molecule has 2 heterocycles. The minimum Gasteiger partial charge on any atom is -0.445 e. The summed E-state index contributed by atoms with van der Waals surface area (Å²) in [5.41, 5.74) is 2.83. The first-order chi connectivity index (χ1) is 15.3. The van der Waals surface area contributed by atoms with Crippen molar-refractivity contribution in [2.45, 2.75) is 18.7 Å². The van der Waals surface area contributed by atoms with Gasteiger partial charge in [-0.15, -0.1) is 0 Å². The molecule has 0 unspecified atom stereocenters. The third-order valence-electron chi connectivity index (χ3n) is 5.02. The van der Waals surface area contributed by atoms with Crippen molar-refractivity contribution in [3.05, 3.63) is 71.7 Å². The first-order valence-corrected chi connectivity index (χ1v) is 11.1. The summed E-state index contributed by atoms with van der Waals surface area (Å²) in [7, 11) is -2.55. The van der Waals surface area contributed by atoms with Crippen LogP contribution in [0.3, 0.4) is 0 Å². The summed E-state index contributed by atoms with van der Waals surface area (Å²) in [5.74, 6) is 0.0128. The number of nitrogens with zero attached hydrogens (tertiary/aromatic N) is 2. The number of aryl methyl sites for hydroxylation is 1. The number of aromatic nitrogens is 2. The largest absolute Gasteiger partial charge is 0.445 e. The van der Waals surface area contributed by atoms with Gasteiger partial charge >= 0.3 is 0 Å². The van der Waals surface area contributed by atoms with Gasteiger partial charge in [-0.1, -0.05) is 29.4 Å². The van der Waals surface area contributed by atoms with Gasteiger partial charge in [-0.25, -0.2) is 18.1 Å². The predicted molar refractivity (Wildman–Crippen MR) is 118 cm³/mol. The van der Waals surface area contributed by atoms with Crippen molar-refractivity contribution in [3.8, 4) is 22.6 Å². The summed E-state index contributed by atoms with van der Waals surface area (Å²) in [6, 6.07) is 11.4. The van der Waals surface area contributed by atoms with Gasteiger partial charge in [0.2, 0.25) is 11.8 Å². The smallest absolute Gasteiger partial charge is 0.264 e. The molecule has 0 fully saturated rings. The molecule has 164 valence electrons. The molecule has 0 bridgehead atoms. The van der Waals surface area contributed by atoms with Crippen LogP contribution in [-0.4, -0.2) is 31.5 Å². The quantitative estimate of drug-likeness (QED) is 0.456. The lowest BCUT2D eigenvalue weighted by Gasteiger charge is -2.15. The molecule has 2 N–H and O–H groups in total. The maximum atomic E-state index is 13.2. The molecule has 4 aromatic rings. The van der Waals surface area contributed by atoms with Crippen LogP contribution in [0.2, 0.25) is 0 Å². The molecule has 0 aliphatic heterocycles. The van der Waals surface area contributed by atoms with E-state index in [1.807, 2.05) is 0 Å². The summed E-state index contributed by atoms with van der Waals surface area (Å²) in [4.78, 5) is 16.8. The first-order valence-electron chi connectivity index (χ1n) is 9.63. The van der Waals surface area contributed by atoms with E-state index in [1.165, 1.54) is 25.6 Å². The van der Waals surface area contributed by atoms with Crippen LogP contribution in [0.25, 0.3) is 22.6 Å². The van der Waals surface area contributed by atoms with Gasteiger partial charge in [-0.05, 0) is 37.6 Å². The fraction of sp³-hybridized carbons (Fsp3) is 0.136. The van der Waals surface area contributed by atoms with Crippen LogP contribution in [0.1, 0.15) is 21.6 Å². The number of anilines is 1. The molecule has 4 rings (SSSR count). The summed E-state index contributed by atoms with van der Waals surface area (Å²) in [6.45, 7) is 3.43. The highest BCUT2D eigenvalue weighted by Gasteiger charge is 2.25. The Morgan fingerprint density at radius 2 is 1.84 bits per heavy atom. The van der Waals surface area contributed by atoms with Gasteiger partial charge in [0.05, 0.1) is 16.8 Å². The van der Waals surface area contributed by atoms with E-state index in [-0.39, 0.29) is 22.3 Å². The summed E-state index contributed by atoms with van der Waals surface area (Å²) >= 11 is 0. The van der Waals surface area contributed by atoms with Crippen molar-refractivity contribution in [2.24, 2.45) is 0 Å². The topological polar surface area (TPSA) is 127 Å². The number of carbonyl (C=O) groups is 1. The Balaban J connectivity index is 1.85. The van der Waals surface area contributed by atoms with Crippen molar-refractivity contribution in [2.75, 3.05) is 11.8 Å². The Hall–Kier alpha value is -3.92. The second kappa shape index (κ2) is 8.31. The van der Waals surface area contributed by atoms with Crippen molar-refractivity contribution >= 4 is 21.8 Å². The molecular formula is C22H20N4O5S. The highest BCUT2D eigenvalue weighted by atomic mass is 32.2. The molecule has 9 nitrogen and oxygen atoms in total. The highest BCUT2D eigenvalue weighted by Crippen LogP contribution is 2.34. The van der Waals surface area contributed by atoms with Gasteiger partial charge in [0.1, 0.15) is 6.26 Å². The molecule has 0 spiro atoms. The van der Waals surface area contributed by atoms with E-state index in [0.717, 1.165) is 0 Å². The van der Waals surface area contributed by atoms with E-state index >= 15 is 0 Å². The van der Waals surface area contributed by atoms with Gasteiger partial charge in [-0.2, -0.15) is 0 Å². The van der Waals surface area contributed by atoms with Gasteiger partial charge in [0, 0.05) is 29.3 Å². The van der Waals surface area contributed by atoms with Crippen molar-refractivity contribution in [3.63, 3.8) is 0 Å². The molecule has 1 amide bonds. The van der Waals surface area contributed by atoms with Crippen molar-refractivity contribution < 1.29 is 22.2 Å². The minimum absolute atomic E-state index is 0.0116. The second-order valence-electron chi connectivity index (χ2n) is 7.00. The van der Waals surface area contributed by atoms with Crippen molar-refractivity contribution in [1.29, 1.82) is 0 Å². The molecule has 0 aliphatic carbocycles. The van der Waals surface area contributed by atoms with Gasteiger partial charge < -0.3 is 14.3 Å². The SMILES string of the molecule is CNC(=O)c1cc(-c2ncco2)ccc1-c1ccccc1S(=O)(=O)Nc1onc(C)c1C. The molecule has 32 heavy (non-hydrogen) atoms. The molecule has 10 heteroatoms. The lowest BCUT2D eigenvalue weighted by molar-refractivity contribution is 0.0963. The number of sulfonamides is 1. The first kappa shape index (κ1) is 21.3. The van der Waals surface area contributed by atoms with Crippen molar-refractivity contribution in [1.82, 2.24) is 15.5 Å². The third kappa shape index (κ3) is 3.87. The van der Waals surface area contributed by atoms with Gasteiger partial charge in [0.25, 0.3) is 15.9 Å². The number of nitrogens with one attached hydrogen (secondary N) is 2. The number of amides is 1. The molecule has 0 radical (unpaired) electrons. The maximum absolute atomic E-state index is 13.2. The number of hydrogen-bond acceptors (Lipinski definition) is 7. The fourth-order valence-corrected chi connectivity index (χ4v) is 4.48. The van der Waals surface area contributed by atoms with E-state index in [2.05, 4.69) is 20.2 Å². The van der Waals surface area contributed by atoms with Gasteiger partial charge in [0.15, 0.2) is 0 Å². The highest BCUT2D eigenvalue weighted by molar-refractivity contribution is 7.92. The van der Waals surface area contributed by atoms with Crippen LogP contribution in [0.5, 0.6) is 0 Å². The monoisotopic (exact) mass is 452 g/mol. The fourth-order valence-electron chi connectivity index (χ4n) is 3.21. The Morgan fingerprint density at radius 3 is 2.50 bits per heavy atom. The van der Waals surface area contributed by atoms with Gasteiger partial charge in [-0.3, -0.25) is 4.79 Å². The van der Waals surface area contributed by atoms with Crippen LogP contribution in [0.4, 0.5) is 5.88 Å². The van der Waals surface area contributed by atoms with E-state index in [9.17, 15) is 13.2 Å². The zero-order valence-corrected chi connectivity index (χ0v) is 18.4. The normalized spacial score (nSPS) is 11.3. The molecular weight excluding hydrogens is 432 g/mol. The third-order valence-corrected chi connectivity index (χ3v) is 6.41. The van der Waals surface area contributed by atoms with Crippen LogP contribution in [0, 0.1) is 13.8 Å². The second-order valence-corrected chi connectivity index (χ2v) is 8.65. The lowest BCUT2D eigenvalue weighted by Crippen LogP contribution is -2.19. The van der Waals surface area contributed by atoms with Crippen LogP contribution in [-0.2, 0) is 10.0 Å². The van der Waals surface area contributed by atoms with Crippen LogP contribution >= 0.6 is 0 Å². The number of carbonyl (C=O) groups excluding carboxylic acids is 1. The molecule has 0 saturated carbocycles. The zero-order valence-electron chi connectivity index (χ0n) is 17.5. The Labute approximate surface area is 184 Å². The Bertz CT molecular complexity index is 1390. The minimum atomic E-state index is -4.05. The molecule has 0 saturated heterocycles. The maximum Gasteiger partial charge on any atom is 0.264 e. The van der Waals surface area contributed by atoms with E-state index in [0.29, 0.717) is 33.8 Å². The van der Waals surface area contributed by atoms with E-state index in [4.69, 9.17) is 8.94 Å². The lowest BCUT2D eigenvalue weighted by atomic mass is 9.96. The number of oxazole rings is 1. The summed E-state index contributed by atoms with van der Waals surface area (Å²) in [5, 5.41) is 6.38.